The summed E-state index contributed by atoms with van der Waals surface area (Å²) in [5.74, 6) is -0.331. The first-order chi connectivity index (χ1) is 10.3. The summed E-state index contributed by atoms with van der Waals surface area (Å²) in [6.07, 6.45) is 6.23. The zero-order valence-electron chi connectivity index (χ0n) is 12.3. The standard InChI is InChI=1S/C17H22FN3/c18-15-7-6-13(14(10-15)11-19)12-21-9-2-1-5-17(21)16-4-3-8-20-16/h6-7,10,16-17,20H,1-5,8-9,12H2. The van der Waals surface area contributed by atoms with Crippen molar-refractivity contribution in [3.05, 3.63) is 35.1 Å². The number of rotatable bonds is 3. The van der Waals surface area contributed by atoms with Gasteiger partial charge >= 0.3 is 0 Å². The molecule has 21 heavy (non-hydrogen) atoms. The molecule has 2 unspecified atom stereocenters. The van der Waals surface area contributed by atoms with Crippen molar-refractivity contribution in [1.29, 1.82) is 5.26 Å². The van der Waals surface area contributed by atoms with Gasteiger partial charge in [-0.3, -0.25) is 4.90 Å². The summed E-state index contributed by atoms with van der Waals surface area (Å²) < 4.78 is 13.3. The Hall–Kier alpha value is -1.44. The molecule has 0 amide bonds. The van der Waals surface area contributed by atoms with Gasteiger partial charge in [-0.25, -0.2) is 4.39 Å². The van der Waals surface area contributed by atoms with E-state index in [1.807, 2.05) is 0 Å². The first-order valence-electron chi connectivity index (χ1n) is 7.94. The van der Waals surface area contributed by atoms with Gasteiger partial charge in [0.2, 0.25) is 0 Å². The highest BCUT2D eigenvalue weighted by molar-refractivity contribution is 5.38. The molecule has 3 rings (SSSR count). The largest absolute Gasteiger partial charge is 0.312 e. The molecular weight excluding hydrogens is 265 g/mol. The van der Waals surface area contributed by atoms with Gasteiger partial charge in [0.05, 0.1) is 11.6 Å². The molecule has 0 spiro atoms. The smallest absolute Gasteiger partial charge is 0.124 e. The molecule has 4 heteroatoms. The zero-order chi connectivity index (χ0) is 14.7. The fraction of sp³-hybridized carbons (Fsp3) is 0.588. The summed E-state index contributed by atoms with van der Waals surface area (Å²) in [4.78, 5) is 2.49. The van der Waals surface area contributed by atoms with Gasteiger partial charge < -0.3 is 5.32 Å². The number of hydrogen-bond acceptors (Lipinski definition) is 3. The molecular formula is C17H22FN3. The van der Waals surface area contributed by atoms with Crippen LogP contribution in [0.25, 0.3) is 0 Å². The Morgan fingerprint density at radius 1 is 1.29 bits per heavy atom. The van der Waals surface area contributed by atoms with Crippen LogP contribution in [0.5, 0.6) is 0 Å². The monoisotopic (exact) mass is 287 g/mol. The first-order valence-corrected chi connectivity index (χ1v) is 7.94. The maximum absolute atomic E-state index is 13.3. The summed E-state index contributed by atoms with van der Waals surface area (Å²) >= 11 is 0. The van der Waals surface area contributed by atoms with E-state index in [9.17, 15) is 9.65 Å². The normalized spacial score (nSPS) is 26.7. The van der Waals surface area contributed by atoms with E-state index in [0.717, 1.165) is 25.2 Å². The van der Waals surface area contributed by atoms with E-state index < -0.39 is 0 Å². The molecule has 3 nitrogen and oxygen atoms in total. The van der Waals surface area contributed by atoms with E-state index in [1.165, 1.54) is 44.2 Å². The van der Waals surface area contributed by atoms with Crippen LogP contribution in [0.1, 0.15) is 43.2 Å². The Morgan fingerprint density at radius 3 is 2.95 bits per heavy atom. The third kappa shape index (κ3) is 3.25. The van der Waals surface area contributed by atoms with Crippen molar-refractivity contribution in [2.45, 2.75) is 50.7 Å². The molecule has 1 aromatic carbocycles. The molecule has 2 aliphatic rings. The van der Waals surface area contributed by atoms with Crippen molar-refractivity contribution in [2.75, 3.05) is 13.1 Å². The lowest BCUT2D eigenvalue weighted by molar-refractivity contribution is 0.112. The Bertz CT molecular complexity index is 531. The van der Waals surface area contributed by atoms with Gasteiger partial charge in [-0.2, -0.15) is 5.26 Å². The minimum absolute atomic E-state index is 0.331. The minimum Gasteiger partial charge on any atom is -0.312 e. The van der Waals surface area contributed by atoms with Crippen LogP contribution in [0.15, 0.2) is 18.2 Å². The number of nitrogens with zero attached hydrogens (tertiary/aromatic N) is 2. The Labute approximate surface area is 125 Å². The summed E-state index contributed by atoms with van der Waals surface area (Å²) in [5, 5.41) is 12.8. The van der Waals surface area contributed by atoms with E-state index >= 15 is 0 Å². The molecule has 0 saturated carbocycles. The van der Waals surface area contributed by atoms with E-state index in [2.05, 4.69) is 16.3 Å². The Morgan fingerprint density at radius 2 is 2.19 bits per heavy atom. The van der Waals surface area contributed by atoms with Crippen LogP contribution in [0.2, 0.25) is 0 Å². The highest BCUT2D eigenvalue weighted by atomic mass is 19.1. The summed E-state index contributed by atoms with van der Waals surface area (Å²) in [6, 6.07) is 7.84. The van der Waals surface area contributed by atoms with Crippen LogP contribution in [0, 0.1) is 17.1 Å². The number of likely N-dealkylation sites (tertiary alicyclic amines) is 1. The second-order valence-electron chi connectivity index (χ2n) is 6.15. The number of hydrogen-bond donors (Lipinski definition) is 1. The minimum atomic E-state index is -0.331. The molecule has 112 valence electrons. The number of piperidine rings is 1. The molecule has 2 heterocycles. The summed E-state index contributed by atoms with van der Waals surface area (Å²) in [5.41, 5.74) is 1.42. The molecule has 1 N–H and O–H groups in total. The lowest BCUT2D eigenvalue weighted by atomic mass is 9.93. The number of nitriles is 1. The molecule has 0 aliphatic carbocycles. The van der Waals surface area contributed by atoms with Crippen LogP contribution in [0.3, 0.4) is 0 Å². The van der Waals surface area contributed by atoms with E-state index in [0.29, 0.717) is 17.6 Å². The van der Waals surface area contributed by atoms with Crippen molar-refractivity contribution >= 4 is 0 Å². The fourth-order valence-electron chi connectivity index (χ4n) is 3.72. The van der Waals surface area contributed by atoms with Crippen LogP contribution in [-0.4, -0.2) is 30.1 Å². The molecule has 1 aromatic rings. The van der Waals surface area contributed by atoms with Gasteiger partial charge in [-0.1, -0.05) is 12.5 Å². The Balaban J connectivity index is 1.77. The fourth-order valence-corrected chi connectivity index (χ4v) is 3.72. The third-order valence-electron chi connectivity index (χ3n) is 4.79. The van der Waals surface area contributed by atoms with Gasteiger partial charge in [-0.05, 0) is 56.5 Å². The molecule has 0 bridgehead atoms. The number of nitrogens with one attached hydrogen (secondary N) is 1. The quantitative estimate of drug-likeness (QED) is 0.929. The van der Waals surface area contributed by atoms with Gasteiger partial charge in [0.15, 0.2) is 0 Å². The second kappa shape index (κ2) is 6.55. The zero-order valence-corrected chi connectivity index (χ0v) is 12.3. The SMILES string of the molecule is N#Cc1cc(F)ccc1CN1CCCCC1C1CCCN1. The van der Waals surface area contributed by atoms with Gasteiger partial charge in [0.25, 0.3) is 0 Å². The van der Waals surface area contributed by atoms with Crippen LogP contribution >= 0.6 is 0 Å². The maximum Gasteiger partial charge on any atom is 0.124 e. The number of benzene rings is 1. The molecule has 2 saturated heterocycles. The summed E-state index contributed by atoms with van der Waals surface area (Å²) in [6.45, 7) is 2.95. The molecule has 0 aromatic heterocycles. The second-order valence-corrected chi connectivity index (χ2v) is 6.15. The topological polar surface area (TPSA) is 39.1 Å². The predicted octanol–water partition coefficient (Wildman–Crippen LogP) is 2.80. The Kier molecular flexibility index (Phi) is 4.52. The summed E-state index contributed by atoms with van der Waals surface area (Å²) in [7, 11) is 0. The molecule has 2 atom stereocenters. The van der Waals surface area contributed by atoms with E-state index in [-0.39, 0.29) is 5.82 Å². The van der Waals surface area contributed by atoms with Gasteiger partial charge in [-0.15, -0.1) is 0 Å². The molecule has 0 radical (unpaired) electrons. The van der Waals surface area contributed by atoms with Crippen LogP contribution in [0.4, 0.5) is 4.39 Å². The molecule has 2 fully saturated rings. The van der Waals surface area contributed by atoms with E-state index in [4.69, 9.17) is 0 Å². The van der Waals surface area contributed by atoms with Crippen LogP contribution in [-0.2, 0) is 6.54 Å². The van der Waals surface area contributed by atoms with E-state index in [1.54, 1.807) is 6.07 Å². The van der Waals surface area contributed by atoms with Gasteiger partial charge in [0, 0.05) is 18.6 Å². The van der Waals surface area contributed by atoms with Crippen molar-refractivity contribution in [2.24, 2.45) is 0 Å². The highest BCUT2D eigenvalue weighted by Crippen LogP contribution is 2.26. The number of halogens is 1. The predicted molar refractivity (Wildman–Crippen MR) is 80.2 cm³/mol. The van der Waals surface area contributed by atoms with Gasteiger partial charge in [0.1, 0.15) is 5.82 Å². The third-order valence-corrected chi connectivity index (χ3v) is 4.79. The maximum atomic E-state index is 13.3. The van der Waals surface area contributed by atoms with Crippen molar-refractivity contribution in [3.8, 4) is 6.07 Å². The van der Waals surface area contributed by atoms with Crippen LogP contribution < -0.4 is 5.32 Å². The van der Waals surface area contributed by atoms with Crippen molar-refractivity contribution in [1.82, 2.24) is 10.2 Å². The molecule has 2 aliphatic heterocycles. The van der Waals surface area contributed by atoms with Crippen molar-refractivity contribution < 1.29 is 4.39 Å². The highest BCUT2D eigenvalue weighted by Gasteiger charge is 2.31. The average Bonchev–Trinajstić information content (AvgIpc) is 3.03. The average molecular weight is 287 g/mol. The lowest BCUT2D eigenvalue weighted by Crippen LogP contribution is -2.49. The lowest BCUT2D eigenvalue weighted by Gasteiger charge is -2.39. The van der Waals surface area contributed by atoms with Crippen molar-refractivity contribution in [3.63, 3.8) is 0 Å². The first kappa shape index (κ1) is 14.5.